The highest BCUT2D eigenvalue weighted by atomic mass is 32.1. The summed E-state index contributed by atoms with van der Waals surface area (Å²) >= 11 is 1.36. The summed E-state index contributed by atoms with van der Waals surface area (Å²) in [6.45, 7) is 4.96. The molecule has 0 atom stereocenters. The molecular weight excluding hydrogens is 386 g/mol. The van der Waals surface area contributed by atoms with Crippen LogP contribution in [-0.2, 0) is 0 Å². The van der Waals surface area contributed by atoms with Gasteiger partial charge in [0.1, 0.15) is 10.7 Å². The van der Waals surface area contributed by atoms with E-state index >= 15 is 0 Å². The zero-order chi connectivity index (χ0) is 20.5. The van der Waals surface area contributed by atoms with Crippen LogP contribution in [0.4, 0.5) is 5.82 Å². The molecule has 3 aromatic rings. The Bertz CT molecular complexity index is 1050. The Morgan fingerprint density at radius 3 is 2.45 bits per heavy atom. The number of hydrogen-bond donors (Lipinski definition) is 1. The maximum absolute atomic E-state index is 13.0. The van der Waals surface area contributed by atoms with Crippen LogP contribution in [0.3, 0.4) is 0 Å². The molecule has 2 N–H and O–H groups in total. The van der Waals surface area contributed by atoms with E-state index in [9.17, 15) is 9.59 Å². The molecule has 8 heteroatoms. The molecule has 150 valence electrons. The van der Waals surface area contributed by atoms with E-state index in [0.717, 1.165) is 16.9 Å². The van der Waals surface area contributed by atoms with Crippen LogP contribution in [0.15, 0.2) is 36.0 Å². The average molecular weight is 410 g/mol. The highest BCUT2D eigenvalue weighted by Crippen LogP contribution is 2.27. The molecule has 1 aliphatic heterocycles. The molecule has 29 heavy (non-hydrogen) atoms. The topological polar surface area (TPSA) is 94.1 Å². The Morgan fingerprint density at radius 2 is 1.83 bits per heavy atom. The van der Waals surface area contributed by atoms with Crippen LogP contribution in [0, 0.1) is 19.8 Å². The van der Waals surface area contributed by atoms with Crippen molar-refractivity contribution in [2.75, 3.05) is 18.8 Å². The van der Waals surface area contributed by atoms with Gasteiger partial charge in [-0.2, -0.15) is 5.10 Å². The van der Waals surface area contributed by atoms with Gasteiger partial charge < -0.3 is 10.6 Å². The van der Waals surface area contributed by atoms with Crippen molar-refractivity contribution in [3.63, 3.8) is 0 Å². The second-order valence-corrected chi connectivity index (χ2v) is 8.24. The number of aryl methyl sites for hydroxylation is 2. The Kier molecular flexibility index (Phi) is 5.19. The lowest BCUT2D eigenvalue weighted by atomic mass is 9.89. The predicted molar refractivity (Wildman–Crippen MR) is 113 cm³/mol. The third-order valence-electron chi connectivity index (χ3n) is 5.44. The number of likely N-dealkylation sites (tertiary alicyclic amines) is 1. The molecule has 1 aliphatic rings. The second kappa shape index (κ2) is 7.79. The number of thiazole rings is 1. The summed E-state index contributed by atoms with van der Waals surface area (Å²) in [7, 11) is 0. The van der Waals surface area contributed by atoms with Crippen molar-refractivity contribution >= 4 is 28.8 Å². The molecule has 4 rings (SSSR count). The van der Waals surface area contributed by atoms with Crippen LogP contribution in [0.2, 0.25) is 0 Å². The van der Waals surface area contributed by atoms with Gasteiger partial charge in [0, 0.05) is 19.0 Å². The number of carbonyl (C=O) groups excluding carboxylic acids is 2. The van der Waals surface area contributed by atoms with Crippen molar-refractivity contribution in [1.82, 2.24) is 19.7 Å². The summed E-state index contributed by atoms with van der Waals surface area (Å²) in [5, 5.41) is 4.32. The lowest BCUT2D eigenvalue weighted by Crippen LogP contribution is -2.40. The number of carbonyl (C=O) groups is 2. The van der Waals surface area contributed by atoms with Crippen LogP contribution < -0.4 is 5.73 Å². The van der Waals surface area contributed by atoms with Gasteiger partial charge in [0.05, 0.1) is 28.7 Å². The first-order valence-corrected chi connectivity index (χ1v) is 10.5. The fraction of sp³-hybridized carbons (Fsp3) is 0.333. The highest BCUT2D eigenvalue weighted by Gasteiger charge is 2.31. The van der Waals surface area contributed by atoms with Crippen molar-refractivity contribution in [2.45, 2.75) is 26.7 Å². The van der Waals surface area contributed by atoms with Gasteiger partial charge >= 0.3 is 0 Å². The van der Waals surface area contributed by atoms with Crippen LogP contribution >= 0.6 is 11.3 Å². The summed E-state index contributed by atoms with van der Waals surface area (Å²) in [5.41, 5.74) is 11.1. The van der Waals surface area contributed by atoms with Gasteiger partial charge in [-0.05, 0) is 38.8 Å². The molecule has 0 spiro atoms. The summed E-state index contributed by atoms with van der Waals surface area (Å²) in [6, 6.07) is 7.82. The molecule has 3 heterocycles. The summed E-state index contributed by atoms with van der Waals surface area (Å²) in [4.78, 5) is 32.3. The number of anilines is 1. The van der Waals surface area contributed by atoms with Crippen LogP contribution in [0.1, 0.15) is 44.1 Å². The monoisotopic (exact) mass is 409 g/mol. The van der Waals surface area contributed by atoms with Crippen molar-refractivity contribution in [1.29, 1.82) is 0 Å². The lowest BCUT2D eigenvalue weighted by Gasteiger charge is -2.31. The molecule has 0 aliphatic carbocycles. The minimum absolute atomic E-state index is 0.00179. The standard InChI is InChI=1S/C21H23N5O2S/c1-13-3-5-16(6-4-13)26-20(22)17(11-24-26)18(27)15-7-9-25(10-8-15)21(28)19-14(2)23-12-29-19/h3-6,11-12,15H,7-10,22H2,1-2H3. The molecule has 0 bridgehead atoms. The van der Waals surface area contributed by atoms with Gasteiger partial charge in [0.2, 0.25) is 0 Å². The molecule has 1 amide bonds. The molecular formula is C21H23N5O2S. The normalized spacial score (nSPS) is 14.9. The van der Waals surface area contributed by atoms with Gasteiger partial charge in [-0.15, -0.1) is 11.3 Å². The van der Waals surface area contributed by atoms with E-state index in [1.807, 2.05) is 43.0 Å². The van der Waals surface area contributed by atoms with Gasteiger partial charge in [0.15, 0.2) is 5.78 Å². The van der Waals surface area contributed by atoms with Gasteiger partial charge in [0.25, 0.3) is 5.91 Å². The van der Waals surface area contributed by atoms with Gasteiger partial charge in [-0.25, -0.2) is 9.67 Å². The molecule has 1 aromatic carbocycles. The van der Waals surface area contributed by atoms with Gasteiger partial charge in [-0.1, -0.05) is 17.7 Å². The second-order valence-electron chi connectivity index (χ2n) is 7.39. The number of amides is 1. The number of benzene rings is 1. The molecule has 0 saturated carbocycles. The Balaban J connectivity index is 1.44. The van der Waals surface area contributed by atoms with Crippen LogP contribution in [0.5, 0.6) is 0 Å². The molecule has 1 fully saturated rings. The fourth-order valence-corrected chi connectivity index (χ4v) is 4.42. The Labute approximate surface area is 173 Å². The van der Waals surface area contributed by atoms with Crippen molar-refractivity contribution in [3.8, 4) is 5.69 Å². The number of nitrogens with zero attached hydrogens (tertiary/aromatic N) is 4. The fourth-order valence-electron chi connectivity index (χ4n) is 3.65. The van der Waals surface area contributed by atoms with Crippen LogP contribution in [0.25, 0.3) is 5.69 Å². The Hall–Kier alpha value is -3.00. The number of rotatable bonds is 4. The number of ketones is 1. The first-order chi connectivity index (χ1) is 14.0. The number of aromatic nitrogens is 3. The number of Topliss-reactive ketones (excluding diaryl/α,β-unsaturated/α-hetero) is 1. The minimum Gasteiger partial charge on any atom is -0.383 e. The number of piperidine rings is 1. The number of nitrogen functional groups attached to an aromatic ring is 1. The number of nitrogens with two attached hydrogens (primary N) is 1. The van der Waals surface area contributed by atoms with Crippen molar-refractivity contribution in [2.24, 2.45) is 5.92 Å². The number of hydrogen-bond acceptors (Lipinski definition) is 6. The SMILES string of the molecule is Cc1ccc(-n2ncc(C(=O)C3CCN(C(=O)c4scnc4C)CC3)c2N)cc1. The molecule has 1 saturated heterocycles. The third kappa shape index (κ3) is 3.67. The van der Waals surface area contributed by atoms with Crippen LogP contribution in [-0.4, -0.2) is 44.4 Å². The van der Waals surface area contributed by atoms with E-state index in [2.05, 4.69) is 10.1 Å². The predicted octanol–water partition coefficient (Wildman–Crippen LogP) is 3.26. The van der Waals surface area contributed by atoms with E-state index in [0.29, 0.717) is 42.2 Å². The maximum Gasteiger partial charge on any atom is 0.265 e. The molecule has 0 radical (unpaired) electrons. The van der Waals surface area contributed by atoms with E-state index in [1.165, 1.54) is 11.3 Å². The third-order valence-corrected chi connectivity index (χ3v) is 6.36. The Morgan fingerprint density at radius 1 is 1.14 bits per heavy atom. The van der Waals surface area contributed by atoms with E-state index in [-0.39, 0.29) is 17.6 Å². The van der Waals surface area contributed by atoms with E-state index in [4.69, 9.17) is 5.73 Å². The summed E-state index contributed by atoms with van der Waals surface area (Å²) < 4.78 is 1.60. The first-order valence-electron chi connectivity index (χ1n) is 9.60. The van der Waals surface area contributed by atoms with E-state index < -0.39 is 0 Å². The zero-order valence-electron chi connectivity index (χ0n) is 16.5. The average Bonchev–Trinajstić information content (AvgIpc) is 3.33. The summed E-state index contributed by atoms with van der Waals surface area (Å²) in [6.07, 6.45) is 2.80. The first kappa shape index (κ1) is 19.3. The molecule has 7 nitrogen and oxygen atoms in total. The van der Waals surface area contributed by atoms with Crippen molar-refractivity contribution < 1.29 is 9.59 Å². The zero-order valence-corrected chi connectivity index (χ0v) is 17.3. The van der Waals surface area contributed by atoms with Gasteiger partial charge in [-0.3, -0.25) is 9.59 Å². The maximum atomic E-state index is 13.0. The molecule has 2 aromatic heterocycles. The van der Waals surface area contributed by atoms with Crippen molar-refractivity contribution in [3.05, 3.63) is 57.7 Å². The summed E-state index contributed by atoms with van der Waals surface area (Å²) in [5.74, 6) is 0.210. The smallest absolute Gasteiger partial charge is 0.265 e. The largest absolute Gasteiger partial charge is 0.383 e. The van der Waals surface area contributed by atoms with E-state index in [1.54, 1.807) is 16.4 Å². The lowest BCUT2D eigenvalue weighted by molar-refractivity contribution is 0.0653. The highest BCUT2D eigenvalue weighted by molar-refractivity contribution is 7.11. The molecule has 0 unspecified atom stereocenters. The quantitative estimate of drug-likeness (QED) is 0.668. The minimum atomic E-state index is -0.153.